The molecule has 32 heavy (non-hydrogen) atoms. The number of piperazine rings is 1. The minimum Gasteiger partial charge on any atom is -0.383 e. The lowest BCUT2D eigenvalue weighted by Crippen LogP contribution is -2.50. The predicted molar refractivity (Wildman–Crippen MR) is 118 cm³/mol. The van der Waals surface area contributed by atoms with Crippen LogP contribution in [0.1, 0.15) is 10.4 Å². The summed E-state index contributed by atoms with van der Waals surface area (Å²) in [4.78, 5) is 41.4. The van der Waals surface area contributed by atoms with E-state index in [2.05, 4.69) is 5.10 Å². The Labute approximate surface area is 185 Å². The third-order valence-electron chi connectivity index (χ3n) is 5.55. The molecule has 1 fully saturated rings. The second-order valence-electron chi connectivity index (χ2n) is 7.75. The highest BCUT2D eigenvalue weighted by Gasteiger charge is 2.29. The topological polar surface area (TPSA) is 116 Å². The van der Waals surface area contributed by atoms with E-state index in [4.69, 9.17) is 10.5 Å². The van der Waals surface area contributed by atoms with Gasteiger partial charge >= 0.3 is 0 Å². The van der Waals surface area contributed by atoms with Gasteiger partial charge in [0.15, 0.2) is 0 Å². The molecule has 0 spiro atoms. The van der Waals surface area contributed by atoms with E-state index in [1.165, 1.54) is 4.68 Å². The Hall–Kier alpha value is -3.50. The van der Waals surface area contributed by atoms with Crippen LogP contribution in [-0.4, -0.2) is 82.4 Å². The molecule has 2 N–H and O–H groups in total. The average molecular weight is 438 g/mol. The Balaban J connectivity index is 1.70. The van der Waals surface area contributed by atoms with Crippen LogP contribution in [0.2, 0.25) is 0 Å². The number of aromatic nitrogens is 3. The second-order valence-corrected chi connectivity index (χ2v) is 7.75. The maximum atomic E-state index is 13.4. The fraction of sp³-hybridized carbons (Fsp3) is 0.364. The summed E-state index contributed by atoms with van der Waals surface area (Å²) in [5, 5.41) is 4.51. The van der Waals surface area contributed by atoms with Crippen molar-refractivity contribution < 1.29 is 14.3 Å². The van der Waals surface area contributed by atoms with E-state index in [0.717, 1.165) is 0 Å². The molecule has 1 aromatic rings. The summed E-state index contributed by atoms with van der Waals surface area (Å²) in [5.74, 6) is -0.582. The van der Waals surface area contributed by atoms with Crippen LogP contribution in [0.4, 0.5) is 0 Å². The quantitative estimate of drug-likeness (QED) is 0.556. The molecule has 2 amide bonds. The first-order valence-corrected chi connectivity index (χ1v) is 10.4. The summed E-state index contributed by atoms with van der Waals surface area (Å²) in [6.07, 6.45) is 3.44. The number of carbonyl (C=O) groups is 2. The molecule has 3 aliphatic heterocycles. The molecule has 4 rings (SSSR count). The van der Waals surface area contributed by atoms with Crippen molar-refractivity contribution in [1.82, 2.24) is 24.1 Å². The lowest BCUT2D eigenvalue weighted by molar-refractivity contribution is -0.119. The van der Waals surface area contributed by atoms with Gasteiger partial charge in [0.1, 0.15) is 5.69 Å². The number of nitrogens with two attached hydrogens (primary N) is 1. The molecule has 1 saturated heterocycles. The van der Waals surface area contributed by atoms with Crippen molar-refractivity contribution in [2.75, 3.05) is 46.4 Å². The number of nitrogens with zero attached hydrogens (tertiary/aromatic N) is 5. The highest BCUT2D eigenvalue weighted by Crippen LogP contribution is 2.24. The van der Waals surface area contributed by atoms with Crippen molar-refractivity contribution in [3.8, 4) is 16.9 Å². The third-order valence-corrected chi connectivity index (χ3v) is 5.55. The normalized spacial score (nSPS) is 14.7. The summed E-state index contributed by atoms with van der Waals surface area (Å²) in [6.45, 7) is 3.15. The molecular formula is C22H26N6O4. The van der Waals surface area contributed by atoms with Gasteiger partial charge in [-0.05, 0) is 12.1 Å². The molecule has 0 atom stereocenters. The summed E-state index contributed by atoms with van der Waals surface area (Å²) in [5.41, 5.74) is 6.75. The zero-order chi connectivity index (χ0) is 22.7. The number of carbonyl (C=O) groups excluding carboxylic acids is 2. The first-order chi connectivity index (χ1) is 15.5. The summed E-state index contributed by atoms with van der Waals surface area (Å²) in [7, 11) is 1.60. The van der Waals surface area contributed by atoms with Crippen LogP contribution in [0, 0.1) is 0 Å². The number of pyridine rings is 1. The number of hydrogen-bond acceptors (Lipinski definition) is 6. The van der Waals surface area contributed by atoms with E-state index in [9.17, 15) is 14.4 Å². The lowest BCUT2D eigenvalue weighted by Gasteiger charge is -2.34. The largest absolute Gasteiger partial charge is 0.383 e. The van der Waals surface area contributed by atoms with E-state index >= 15 is 0 Å². The molecule has 10 heteroatoms. The van der Waals surface area contributed by atoms with Gasteiger partial charge in [-0.3, -0.25) is 19.3 Å². The van der Waals surface area contributed by atoms with Gasteiger partial charge in [0.2, 0.25) is 5.91 Å². The number of amides is 2. The number of fused-ring (bicyclic) bond motifs is 1. The third kappa shape index (κ3) is 4.41. The SMILES string of the molecule is COCCn1cc(C(=O)N2CCN(CC(N)=O)CC2)c2nn(-c3ccccc3)c(=O)c-2c1. The number of benzene rings is 1. The van der Waals surface area contributed by atoms with Crippen molar-refractivity contribution in [2.24, 2.45) is 5.73 Å². The maximum absolute atomic E-state index is 13.4. The monoisotopic (exact) mass is 438 g/mol. The van der Waals surface area contributed by atoms with Crippen molar-refractivity contribution in [3.05, 3.63) is 58.6 Å². The number of ether oxygens (including phenoxy) is 1. The van der Waals surface area contributed by atoms with Crippen LogP contribution in [0.25, 0.3) is 16.9 Å². The fourth-order valence-electron chi connectivity index (χ4n) is 3.89. The fourth-order valence-corrected chi connectivity index (χ4v) is 3.89. The van der Waals surface area contributed by atoms with Gasteiger partial charge in [-0.25, -0.2) is 0 Å². The van der Waals surface area contributed by atoms with E-state index in [0.29, 0.717) is 61.8 Å². The zero-order valence-corrected chi connectivity index (χ0v) is 17.9. The van der Waals surface area contributed by atoms with Gasteiger partial charge in [-0.1, -0.05) is 18.2 Å². The van der Waals surface area contributed by atoms with Gasteiger partial charge in [0.05, 0.1) is 30.0 Å². The van der Waals surface area contributed by atoms with Crippen molar-refractivity contribution in [2.45, 2.75) is 6.54 Å². The van der Waals surface area contributed by atoms with Crippen molar-refractivity contribution in [3.63, 3.8) is 0 Å². The maximum Gasteiger partial charge on any atom is 0.282 e. The standard InChI is InChI=1S/C22H26N6O4/c1-32-12-11-26-13-17(21(30)27-9-7-25(8-10-27)15-19(23)29)20-18(14-26)22(31)28(24-20)16-5-3-2-4-6-16/h2-6,13-14H,7-12,15H2,1H3,(H2,23,29). The van der Waals surface area contributed by atoms with Gasteiger partial charge < -0.3 is 19.9 Å². The summed E-state index contributed by atoms with van der Waals surface area (Å²) >= 11 is 0. The molecular weight excluding hydrogens is 412 g/mol. The van der Waals surface area contributed by atoms with Crippen LogP contribution < -0.4 is 11.3 Å². The second kappa shape index (κ2) is 9.33. The molecule has 0 aromatic heterocycles. The molecule has 0 unspecified atom stereocenters. The smallest absolute Gasteiger partial charge is 0.282 e. The van der Waals surface area contributed by atoms with Crippen molar-refractivity contribution in [1.29, 1.82) is 0 Å². The van der Waals surface area contributed by atoms with Crippen LogP contribution in [-0.2, 0) is 16.1 Å². The van der Waals surface area contributed by atoms with Crippen LogP contribution in [0.5, 0.6) is 0 Å². The van der Waals surface area contributed by atoms with Crippen LogP contribution in [0.15, 0.2) is 47.5 Å². The molecule has 3 aliphatic rings. The Kier molecular flexibility index (Phi) is 6.33. The molecule has 3 heterocycles. The minimum absolute atomic E-state index is 0.176. The van der Waals surface area contributed by atoms with E-state index in [1.54, 1.807) is 41.1 Å². The summed E-state index contributed by atoms with van der Waals surface area (Å²) in [6, 6.07) is 9.12. The predicted octanol–water partition coefficient (Wildman–Crippen LogP) is 0.0283. The Morgan fingerprint density at radius 2 is 1.81 bits per heavy atom. The number of rotatable bonds is 7. The molecule has 168 valence electrons. The number of hydrogen-bond donors (Lipinski definition) is 1. The van der Waals surface area contributed by atoms with Gasteiger partial charge in [-0.15, -0.1) is 0 Å². The zero-order valence-electron chi connectivity index (χ0n) is 17.9. The Morgan fingerprint density at radius 1 is 1.09 bits per heavy atom. The van der Waals surface area contributed by atoms with Crippen LogP contribution >= 0.6 is 0 Å². The van der Waals surface area contributed by atoms with E-state index in [1.807, 2.05) is 23.1 Å². The Bertz CT molecular complexity index is 1130. The first-order valence-electron chi connectivity index (χ1n) is 10.4. The average Bonchev–Trinajstić information content (AvgIpc) is 3.14. The van der Waals surface area contributed by atoms with Gasteiger partial charge in [0.25, 0.3) is 11.5 Å². The first kappa shape index (κ1) is 21.7. The summed E-state index contributed by atoms with van der Waals surface area (Å²) < 4.78 is 8.28. The molecule has 1 aromatic carbocycles. The van der Waals surface area contributed by atoms with Crippen LogP contribution in [0.3, 0.4) is 0 Å². The minimum atomic E-state index is -0.386. The molecule has 0 radical (unpaired) electrons. The van der Waals surface area contributed by atoms with E-state index < -0.39 is 0 Å². The number of para-hydroxylation sites is 1. The highest BCUT2D eigenvalue weighted by atomic mass is 16.5. The molecule has 0 aliphatic carbocycles. The van der Waals surface area contributed by atoms with Gasteiger partial charge in [-0.2, -0.15) is 9.78 Å². The van der Waals surface area contributed by atoms with Gasteiger partial charge in [0, 0.05) is 52.2 Å². The molecule has 0 bridgehead atoms. The number of primary amides is 1. The van der Waals surface area contributed by atoms with E-state index in [-0.39, 0.29) is 23.9 Å². The number of methoxy groups -OCH3 is 1. The lowest BCUT2D eigenvalue weighted by atomic mass is 10.1. The Morgan fingerprint density at radius 3 is 2.47 bits per heavy atom. The molecule has 0 saturated carbocycles. The molecule has 10 nitrogen and oxygen atoms in total. The highest BCUT2D eigenvalue weighted by molar-refractivity contribution is 6.00. The van der Waals surface area contributed by atoms with Crippen molar-refractivity contribution >= 4 is 11.8 Å².